The normalized spacial score (nSPS) is 20.9. The topological polar surface area (TPSA) is 17.1 Å². The van der Waals surface area contributed by atoms with Gasteiger partial charge in [-0.3, -0.25) is 4.79 Å². The van der Waals surface area contributed by atoms with Crippen LogP contribution in [-0.2, 0) is 0 Å². The first kappa shape index (κ1) is 8.22. The van der Waals surface area contributed by atoms with Gasteiger partial charge >= 0.3 is 0 Å². The SMILES string of the molecule is O=Cc1ccc(C2CC2)c(C2CC2)c1. The largest absolute Gasteiger partial charge is 0.298 e. The molecule has 3 rings (SSSR count). The molecule has 1 nitrogen and oxygen atoms in total. The summed E-state index contributed by atoms with van der Waals surface area (Å²) in [5.74, 6) is 1.58. The summed E-state index contributed by atoms with van der Waals surface area (Å²) in [6.45, 7) is 0. The molecule has 0 radical (unpaired) electrons. The number of aldehydes is 1. The van der Waals surface area contributed by atoms with Crippen molar-refractivity contribution in [3.05, 3.63) is 34.9 Å². The second-order valence-electron chi connectivity index (χ2n) is 4.55. The van der Waals surface area contributed by atoms with Crippen LogP contribution in [0.1, 0.15) is 59.0 Å². The van der Waals surface area contributed by atoms with E-state index in [1.807, 2.05) is 6.07 Å². The van der Waals surface area contributed by atoms with Crippen molar-refractivity contribution in [3.8, 4) is 0 Å². The summed E-state index contributed by atoms with van der Waals surface area (Å²) in [4.78, 5) is 10.7. The van der Waals surface area contributed by atoms with E-state index >= 15 is 0 Å². The molecule has 0 spiro atoms. The maximum atomic E-state index is 10.7. The van der Waals surface area contributed by atoms with Crippen molar-refractivity contribution < 1.29 is 4.79 Å². The zero-order chi connectivity index (χ0) is 9.54. The fourth-order valence-electron chi connectivity index (χ4n) is 2.18. The molecule has 0 saturated heterocycles. The maximum absolute atomic E-state index is 10.7. The van der Waals surface area contributed by atoms with Crippen molar-refractivity contribution in [2.45, 2.75) is 37.5 Å². The van der Waals surface area contributed by atoms with Crippen LogP contribution in [0, 0.1) is 0 Å². The van der Waals surface area contributed by atoms with Gasteiger partial charge in [-0.1, -0.05) is 12.1 Å². The smallest absolute Gasteiger partial charge is 0.150 e. The molecule has 0 amide bonds. The highest BCUT2D eigenvalue weighted by molar-refractivity contribution is 5.75. The third kappa shape index (κ3) is 1.37. The summed E-state index contributed by atoms with van der Waals surface area (Å²) in [7, 11) is 0. The van der Waals surface area contributed by atoms with Crippen LogP contribution in [0.5, 0.6) is 0 Å². The Bertz CT molecular complexity index is 373. The Hall–Kier alpha value is -1.11. The standard InChI is InChI=1S/C13H14O/c14-8-9-1-6-12(10-2-3-10)13(7-9)11-4-5-11/h1,6-8,10-11H,2-5H2. The molecular weight excluding hydrogens is 172 g/mol. The summed E-state index contributed by atoms with van der Waals surface area (Å²) < 4.78 is 0. The van der Waals surface area contributed by atoms with Crippen LogP contribution in [0.3, 0.4) is 0 Å². The van der Waals surface area contributed by atoms with E-state index in [2.05, 4.69) is 12.1 Å². The van der Waals surface area contributed by atoms with E-state index in [4.69, 9.17) is 0 Å². The molecule has 1 aromatic rings. The Kier molecular flexibility index (Phi) is 1.73. The first-order valence-corrected chi connectivity index (χ1v) is 5.47. The van der Waals surface area contributed by atoms with Crippen molar-refractivity contribution in [2.75, 3.05) is 0 Å². The van der Waals surface area contributed by atoms with Crippen LogP contribution in [0.4, 0.5) is 0 Å². The molecular formula is C13H14O. The Morgan fingerprint density at radius 2 is 1.64 bits per heavy atom. The van der Waals surface area contributed by atoms with Crippen molar-refractivity contribution in [3.63, 3.8) is 0 Å². The van der Waals surface area contributed by atoms with Gasteiger partial charge in [-0.15, -0.1) is 0 Å². The third-order valence-corrected chi connectivity index (χ3v) is 3.28. The van der Waals surface area contributed by atoms with E-state index in [0.29, 0.717) is 0 Å². The molecule has 2 aliphatic carbocycles. The van der Waals surface area contributed by atoms with Crippen molar-refractivity contribution >= 4 is 6.29 Å². The van der Waals surface area contributed by atoms with Gasteiger partial charge in [0, 0.05) is 5.56 Å². The minimum atomic E-state index is 0.769. The molecule has 14 heavy (non-hydrogen) atoms. The summed E-state index contributed by atoms with van der Waals surface area (Å²) in [6, 6.07) is 6.25. The van der Waals surface area contributed by atoms with Crippen molar-refractivity contribution in [2.24, 2.45) is 0 Å². The molecule has 0 N–H and O–H groups in total. The van der Waals surface area contributed by atoms with Gasteiger partial charge in [0.05, 0.1) is 0 Å². The molecule has 0 heterocycles. The average Bonchev–Trinajstić information content (AvgIpc) is 3.04. The molecule has 0 unspecified atom stereocenters. The molecule has 1 heteroatoms. The van der Waals surface area contributed by atoms with Crippen LogP contribution in [-0.4, -0.2) is 6.29 Å². The van der Waals surface area contributed by atoms with Gasteiger partial charge in [-0.2, -0.15) is 0 Å². The zero-order valence-electron chi connectivity index (χ0n) is 8.20. The predicted octanol–water partition coefficient (Wildman–Crippen LogP) is 3.25. The number of benzene rings is 1. The first-order valence-electron chi connectivity index (χ1n) is 5.47. The second-order valence-corrected chi connectivity index (χ2v) is 4.55. The van der Waals surface area contributed by atoms with Crippen LogP contribution in [0.15, 0.2) is 18.2 Å². The highest BCUT2D eigenvalue weighted by Crippen LogP contribution is 2.49. The van der Waals surface area contributed by atoms with E-state index in [-0.39, 0.29) is 0 Å². The van der Waals surface area contributed by atoms with E-state index in [0.717, 1.165) is 23.7 Å². The zero-order valence-corrected chi connectivity index (χ0v) is 8.20. The second kappa shape index (κ2) is 2.94. The lowest BCUT2D eigenvalue weighted by Crippen LogP contribution is -1.92. The molecule has 0 aromatic heterocycles. The Morgan fingerprint density at radius 1 is 1.00 bits per heavy atom. The summed E-state index contributed by atoms with van der Waals surface area (Å²) in [5.41, 5.74) is 3.84. The Morgan fingerprint density at radius 3 is 2.21 bits per heavy atom. The molecule has 0 atom stereocenters. The molecule has 2 fully saturated rings. The van der Waals surface area contributed by atoms with E-state index in [9.17, 15) is 4.79 Å². The predicted molar refractivity (Wildman–Crippen MR) is 55.8 cm³/mol. The fourth-order valence-corrected chi connectivity index (χ4v) is 2.18. The third-order valence-electron chi connectivity index (χ3n) is 3.28. The number of hydrogen-bond acceptors (Lipinski definition) is 1. The van der Waals surface area contributed by atoms with Crippen LogP contribution in [0.25, 0.3) is 0 Å². The van der Waals surface area contributed by atoms with Gasteiger partial charge in [-0.25, -0.2) is 0 Å². The van der Waals surface area contributed by atoms with E-state index < -0.39 is 0 Å². The summed E-state index contributed by atoms with van der Waals surface area (Å²) in [6.07, 6.45) is 6.30. The molecule has 2 aliphatic rings. The van der Waals surface area contributed by atoms with Gasteiger partial charge in [0.1, 0.15) is 6.29 Å². The lowest BCUT2D eigenvalue weighted by Gasteiger charge is -2.07. The highest BCUT2D eigenvalue weighted by Gasteiger charge is 2.32. The van der Waals surface area contributed by atoms with Crippen LogP contribution < -0.4 is 0 Å². The van der Waals surface area contributed by atoms with E-state index in [1.54, 1.807) is 0 Å². The molecule has 1 aromatic carbocycles. The number of carbonyl (C=O) groups excluding carboxylic acids is 1. The van der Waals surface area contributed by atoms with E-state index in [1.165, 1.54) is 36.8 Å². The van der Waals surface area contributed by atoms with Crippen molar-refractivity contribution in [1.82, 2.24) is 0 Å². The first-order chi connectivity index (χ1) is 6.88. The van der Waals surface area contributed by atoms with Crippen LogP contribution >= 0.6 is 0 Å². The Labute approximate surface area is 84.1 Å². The van der Waals surface area contributed by atoms with Gasteiger partial charge in [0.2, 0.25) is 0 Å². The number of hydrogen-bond donors (Lipinski definition) is 0. The number of carbonyl (C=O) groups is 1. The highest BCUT2D eigenvalue weighted by atomic mass is 16.1. The quantitative estimate of drug-likeness (QED) is 0.662. The number of rotatable bonds is 3. The lowest BCUT2D eigenvalue weighted by molar-refractivity contribution is 0.112. The van der Waals surface area contributed by atoms with Gasteiger partial charge in [-0.05, 0) is 54.7 Å². The van der Waals surface area contributed by atoms with Gasteiger partial charge < -0.3 is 0 Å². The average molecular weight is 186 g/mol. The van der Waals surface area contributed by atoms with Gasteiger partial charge in [0.25, 0.3) is 0 Å². The van der Waals surface area contributed by atoms with Crippen LogP contribution in [0.2, 0.25) is 0 Å². The monoisotopic (exact) mass is 186 g/mol. The fraction of sp³-hybridized carbons (Fsp3) is 0.462. The molecule has 72 valence electrons. The Balaban J connectivity index is 2.04. The molecule has 2 saturated carbocycles. The minimum Gasteiger partial charge on any atom is -0.298 e. The molecule has 0 bridgehead atoms. The maximum Gasteiger partial charge on any atom is 0.150 e. The minimum absolute atomic E-state index is 0.769. The van der Waals surface area contributed by atoms with Crippen molar-refractivity contribution in [1.29, 1.82) is 0 Å². The lowest BCUT2D eigenvalue weighted by atomic mass is 9.97. The summed E-state index contributed by atoms with van der Waals surface area (Å²) in [5, 5.41) is 0. The molecule has 0 aliphatic heterocycles. The van der Waals surface area contributed by atoms with Gasteiger partial charge in [0.15, 0.2) is 0 Å². The summed E-state index contributed by atoms with van der Waals surface area (Å²) >= 11 is 0.